The molecule has 2 N–H and O–H groups in total. The third-order valence-corrected chi connectivity index (χ3v) is 2.77. The SMILES string of the molecule is CNC(=O)c1ccc(NCc2ncn(C)n2)c([N+](=O)[O-])c1. The molecule has 21 heavy (non-hydrogen) atoms. The predicted molar refractivity (Wildman–Crippen MR) is 74.8 cm³/mol. The summed E-state index contributed by atoms with van der Waals surface area (Å²) in [5.41, 5.74) is 0.359. The molecule has 0 saturated carbocycles. The lowest BCUT2D eigenvalue weighted by molar-refractivity contribution is -0.384. The molecule has 0 atom stereocenters. The van der Waals surface area contributed by atoms with Crippen LogP contribution in [-0.4, -0.2) is 32.6 Å². The van der Waals surface area contributed by atoms with Gasteiger partial charge in [-0.3, -0.25) is 19.6 Å². The van der Waals surface area contributed by atoms with Crippen molar-refractivity contribution in [1.29, 1.82) is 0 Å². The highest BCUT2D eigenvalue weighted by molar-refractivity contribution is 5.95. The van der Waals surface area contributed by atoms with E-state index in [2.05, 4.69) is 20.7 Å². The Morgan fingerprint density at radius 3 is 2.81 bits per heavy atom. The van der Waals surface area contributed by atoms with Crippen molar-refractivity contribution in [3.63, 3.8) is 0 Å². The van der Waals surface area contributed by atoms with E-state index in [-0.39, 0.29) is 23.7 Å². The first kappa shape index (κ1) is 14.4. The van der Waals surface area contributed by atoms with Gasteiger partial charge in [0.15, 0.2) is 5.82 Å². The van der Waals surface area contributed by atoms with Crippen LogP contribution in [0.1, 0.15) is 16.2 Å². The largest absolute Gasteiger partial charge is 0.372 e. The van der Waals surface area contributed by atoms with E-state index in [0.29, 0.717) is 11.5 Å². The van der Waals surface area contributed by atoms with Crippen LogP contribution < -0.4 is 10.6 Å². The molecular formula is C12H14N6O3. The Labute approximate surface area is 120 Å². The molecule has 9 nitrogen and oxygen atoms in total. The van der Waals surface area contributed by atoms with E-state index < -0.39 is 4.92 Å². The number of nitrogens with one attached hydrogen (secondary N) is 2. The van der Waals surface area contributed by atoms with Crippen LogP contribution in [0.4, 0.5) is 11.4 Å². The first-order chi connectivity index (χ1) is 10.0. The van der Waals surface area contributed by atoms with Crippen molar-refractivity contribution in [3.05, 3.63) is 46.0 Å². The molecule has 0 aliphatic heterocycles. The van der Waals surface area contributed by atoms with Gasteiger partial charge < -0.3 is 10.6 Å². The molecule has 0 saturated heterocycles. The molecule has 2 aromatic rings. The molecule has 0 radical (unpaired) electrons. The molecule has 9 heteroatoms. The Kier molecular flexibility index (Phi) is 4.12. The van der Waals surface area contributed by atoms with E-state index in [1.165, 1.54) is 25.2 Å². The lowest BCUT2D eigenvalue weighted by atomic mass is 10.1. The van der Waals surface area contributed by atoms with Gasteiger partial charge in [0.25, 0.3) is 11.6 Å². The summed E-state index contributed by atoms with van der Waals surface area (Å²) in [5, 5.41) is 20.5. The summed E-state index contributed by atoms with van der Waals surface area (Å²) in [6, 6.07) is 4.23. The highest BCUT2D eigenvalue weighted by Gasteiger charge is 2.17. The number of aryl methyl sites for hydroxylation is 1. The number of carbonyl (C=O) groups excluding carboxylic acids is 1. The molecular weight excluding hydrogens is 276 g/mol. The van der Waals surface area contributed by atoms with Crippen molar-refractivity contribution in [2.75, 3.05) is 12.4 Å². The molecule has 2 rings (SSSR count). The zero-order valence-corrected chi connectivity index (χ0v) is 11.5. The number of hydrogen-bond acceptors (Lipinski definition) is 6. The Bertz CT molecular complexity index is 681. The molecule has 1 heterocycles. The summed E-state index contributed by atoms with van der Waals surface area (Å²) in [5.74, 6) is 0.137. The second kappa shape index (κ2) is 5.99. The van der Waals surface area contributed by atoms with Crippen molar-refractivity contribution in [2.24, 2.45) is 7.05 Å². The van der Waals surface area contributed by atoms with Crippen LogP contribution in [0.3, 0.4) is 0 Å². The number of amides is 1. The second-order valence-corrected chi connectivity index (χ2v) is 4.26. The van der Waals surface area contributed by atoms with Gasteiger partial charge in [0, 0.05) is 25.7 Å². The van der Waals surface area contributed by atoms with Crippen LogP contribution in [0.25, 0.3) is 0 Å². The van der Waals surface area contributed by atoms with Crippen molar-refractivity contribution in [3.8, 4) is 0 Å². The van der Waals surface area contributed by atoms with Crippen LogP contribution in [0, 0.1) is 10.1 Å². The van der Waals surface area contributed by atoms with Crippen molar-refractivity contribution in [1.82, 2.24) is 20.1 Å². The number of nitrogens with zero attached hydrogens (tertiary/aromatic N) is 4. The van der Waals surface area contributed by atoms with E-state index in [9.17, 15) is 14.9 Å². The lowest BCUT2D eigenvalue weighted by Gasteiger charge is -2.07. The predicted octanol–water partition coefficient (Wildman–Crippen LogP) is 0.695. The van der Waals surface area contributed by atoms with E-state index in [1.54, 1.807) is 18.1 Å². The standard InChI is InChI=1S/C12H14N6O3/c1-13-12(19)8-3-4-9(10(5-8)18(20)21)14-6-11-15-7-17(2)16-11/h3-5,7,14H,6H2,1-2H3,(H,13,19). The first-order valence-electron chi connectivity index (χ1n) is 6.10. The fourth-order valence-corrected chi connectivity index (χ4v) is 1.76. The molecule has 1 aromatic heterocycles. The topological polar surface area (TPSA) is 115 Å². The zero-order chi connectivity index (χ0) is 15.4. The molecule has 0 fully saturated rings. The first-order valence-corrected chi connectivity index (χ1v) is 6.10. The summed E-state index contributed by atoms with van der Waals surface area (Å²) in [6.45, 7) is 0.251. The molecule has 0 bridgehead atoms. The Morgan fingerprint density at radius 2 is 2.24 bits per heavy atom. The maximum absolute atomic E-state index is 11.5. The maximum Gasteiger partial charge on any atom is 0.293 e. The second-order valence-electron chi connectivity index (χ2n) is 4.26. The van der Waals surface area contributed by atoms with Crippen LogP contribution in [0.15, 0.2) is 24.5 Å². The molecule has 0 aliphatic rings. The van der Waals surface area contributed by atoms with Gasteiger partial charge in [-0.2, -0.15) is 5.10 Å². The third kappa shape index (κ3) is 3.32. The summed E-state index contributed by atoms with van der Waals surface area (Å²) in [4.78, 5) is 26.1. The van der Waals surface area contributed by atoms with Crippen molar-refractivity contribution >= 4 is 17.3 Å². The number of nitro benzene ring substituents is 1. The highest BCUT2D eigenvalue weighted by atomic mass is 16.6. The monoisotopic (exact) mass is 290 g/mol. The minimum absolute atomic E-state index is 0.174. The molecule has 0 aliphatic carbocycles. The minimum atomic E-state index is -0.541. The minimum Gasteiger partial charge on any atom is -0.372 e. The highest BCUT2D eigenvalue weighted by Crippen LogP contribution is 2.25. The van der Waals surface area contributed by atoms with Gasteiger partial charge in [-0.25, -0.2) is 4.98 Å². The molecule has 1 aromatic carbocycles. The zero-order valence-electron chi connectivity index (χ0n) is 11.5. The summed E-state index contributed by atoms with van der Waals surface area (Å²) in [7, 11) is 3.20. The number of hydrogen-bond donors (Lipinski definition) is 2. The number of nitro groups is 1. The molecule has 110 valence electrons. The number of anilines is 1. The average molecular weight is 290 g/mol. The average Bonchev–Trinajstić information content (AvgIpc) is 2.89. The van der Waals surface area contributed by atoms with Crippen LogP contribution in [-0.2, 0) is 13.6 Å². The molecule has 1 amide bonds. The van der Waals surface area contributed by atoms with E-state index in [4.69, 9.17) is 0 Å². The van der Waals surface area contributed by atoms with Gasteiger partial charge in [0.2, 0.25) is 0 Å². The van der Waals surface area contributed by atoms with Gasteiger partial charge >= 0.3 is 0 Å². The normalized spacial score (nSPS) is 10.2. The quantitative estimate of drug-likeness (QED) is 0.618. The van der Waals surface area contributed by atoms with E-state index in [1.807, 2.05) is 0 Å². The lowest BCUT2D eigenvalue weighted by Crippen LogP contribution is -2.18. The van der Waals surface area contributed by atoms with Gasteiger partial charge in [0.05, 0.1) is 11.5 Å². The van der Waals surface area contributed by atoms with Gasteiger partial charge in [-0.05, 0) is 12.1 Å². The number of carbonyl (C=O) groups is 1. The Balaban J connectivity index is 2.22. The van der Waals surface area contributed by atoms with Gasteiger partial charge in [-0.15, -0.1) is 0 Å². The Morgan fingerprint density at radius 1 is 1.48 bits per heavy atom. The number of benzene rings is 1. The fraction of sp³-hybridized carbons (Fsp3) is 0.250. The summed E-state index contributed by atoms with van der Waals surface area (Å²) < 4.78 is 1.54. The fourth-order valence-electron chi connectivity index (χ4n) is 1.76. The number of aromatic nitrogens is 3. The van der Waals surface area contributed by atoms with E-state index in [0.717, 1.165) is 0 Å². The summed E-state index contributed by atoms with van der Waals surface area (Å²) >= 11 is 0. The van der Waals surface area contributed by atoms with Gasteiger partial charge in [0.1, 0.15) is 12.0 Å². The van der Waals surface area contributed by atoms with Crippen molar-refractivity contribution < 1.29 is 9.72 Å². The number of rotatable bonds is 5. The smallest absolute Gasteiger partial charge is 0.293 e. The van der Waals surface area contributed by atoms with Crippen LogP contribution in [0.5, 0.6) is 0 Å². The van der Waals surface area contributed by atoms with Crippen LogP contribution in [0.2, 0.25) is 0 Å². The summed E-state index contributed by atoms with van der Waals surface area (Å²) in [6.07, 6.45) is 1.54. The van der Waals surface area contributed by atoms with Gasteiger partial charge in [-0.1, -0.05) is 0 Å². The van der Waals surface area contributed by atoms with Crippen molar-refractivity contribution in [2.45, 2.75) is 6.54 Å². The molecule has 0 spiro atoms. The van der Waals surface area contributed by atoms with Crippen LogP contribution >= 0.6 is 0 Å². The molecule has 0 unspecified atom stereocenters. The van der Waals surface area contributed by atoms with E-state index >= 15 is 0 Å². The third-order valence-electron chi connectivity index (χ3n) is 2.77. The maximum atomic E-state index is 11.5. The Hall–Kier alpha value is -2.97.